The number of carbonyl (C=O) groups excluding carboxylic acids is 2. The van der Waals surface area contributed by atoms with Crippen molar-refractivity contribution in [3.05, 3.63) is 54.3 Å². The van der Waals surface area contributed by atoms with Gasteiger partial charge in [0, 0.05) is 15.5 Å². The van der Waals surface area contributed by atoms with Crippen LogP contribution in [-0.2, 0) is 14.3 Å². The Hall–Kier alpha value is -1.99. The van der Waals surface area contributed by atoms with E-state index in [9.17, 15) is 14.0 Å². The molecule has 2 aromatic carbocycles. The first-order valence-electron chi connectivity index (χ1n) is 7.05. The first-order chi connectivity index (χ1) is 11.6. The van der Waals surface area contributed by atoms with Crippen LogP contribution in [0.4, 0.5) is 10.1 Å². The molecular formula is C17H16FNO3S2. The minimum absolute atomic E-state index is 0.0564. The molecule has 0 aliphatic heterocycles. The van der Waals surface area contributed by atoms with Gasteiger partial charge in [0.15, 0.2) is 6.61 Å². The molecule has 126 valence electrons. The number of anilines is 1. The number of ether oxygens (including phenoxy) is 1. The lowest BCUT2D eigenvalue weighted by atomic mass is 10.3. The fraction of sp³-hybridized carbons (Fsp3) is 0.176. The van der Waals surface area contributed by atoms with Crippen LogP contribution in [0.25, 0.3) is 0 Å². The standard InChI is InChI=1S/C17H16FNO3S2/c1-23-15-4-2-3-13(9-15)19-16(20)10-22-17(21)11-24-14-7-5-12(18)6-8-14/h2-9H,10-11H2,1H3,(H,19,20). The van der Waals surface area contributed by atoms with Gasteiger partial charge in [0.05, 0.1) is 5.75 Å². The summed E-state index contributed by atoms with van der Waals surface area (Å²) in [5.74, 6) is -1.17. The average Bonchev–Trinajstić information content (AvgIpc) is 2.59. The second kappa shape index (κ2) is 9.34. The molecule has 0 unspecified atom stereocenters. The number of hydrogen-bond acceptors (Lipinski definition) is 5. The van der Waals surface area contributed by atoms with Crippen LogP contribution in [0.15, 0.2) is 58.3 Å². The van der Waals surface area contributed by atoms with Gasteiger partial charge in [-0.2, -0.15) is 0 Å². The molecule has 1 amide bonds. The highest BCUT2D eigenvalue weighted by molar-refractivity contribution is 8.00. The Morgan fingerprint density at radius 2 is 1.88 bits per heavy atom. The lowest BCUT2D eigenvalue weighted by Crippen LogP contribution is -2.21. The van der Waals surface area contributed by atoms with Gasteiger partial charge in [0.1, 0.15) is 5.82 Å². The Morgan fingerprint density at radius 1 is 1.12 bits per heavy atom. The van der Waals surface area contributed by atoms with Crippen molar-refractivity contribution in [2.24, 2.45) is 0 Å². The predicted octanol–water partition coefficient (Wildman–Crippen LogP) is 3.82. The second-order valence-corrected chi connectivity index (χ2v) is 6.61. The summed E-state index contributed by atoms with van der Waals surface area (Å²) in [4.78, 5) is 25.2. The summed E-state index contributed by atoms with van der Waals surface area (Å²) in [6.45, 7) is -0.341. The van der Waals surface area contributed by atoms with E-state index < -0.39 is 11.9 Å². The van der Waals surface area contributed by atoms with Crippen molar-refractivity contribution in [3.63, 3.8) is 0 Å². The zero-order valence-corrected chi connectivity index (χ0v) is 14.6. The van der Waals surface area contributed by atoms with Crippen LogP contribution in [0.2, 0.25) is 0 Å². The minimum atomic E-state index is -0.502. The molecule has 0 aliphatic rings. The van der Waals surface area contributed by atoms with Crippen molar-refractivity contribution in [3.8, 4) is 0 Å². The topological polar surface area (TPSA) is 55.4 Å². The van der Waals surface area contributed by atoms with Crippen LogP contribution in [-0.4, -0.2) is 30.5 Å². The maximum Gasteiger partial charge on any atom is 0.316 e. The average molecular weight is 365 g/mol. The number of hydrogen-bond donors (Lipinski definition) is 1. The van der Waals surface area contributed by atoms with E-state index in [4.69, 9.17) is 4.74 Å². The first kappa shape index (κ1) is 18.4. The number of amides is 1. The molecule has 24 heavy (non-hydrogen) atoms. The maximum atomic E-state index is 12.8. The van der Waals surface area contributed by atoms with E-state index in [0.717, 1.165) is 9.79 Å². The zero-order chi connectivity index (χ0) is 17.4. The number of thioether (sulfide) groups is 2. The van der Waals surface area contributed by atoms with Gasteiger partial charge in [0.25, 0.3) is 5.91 Å². The highest BCUT2D eigenvalue weighted by Gasteiger charge is 2.09. The Bertz CT molecular complexity index is 707. The normalized spacial score (nSPS) is 10.2. The van der Waals surface area contributed by atoms with Crippen molar-refractivity contribution in [2.75, 3.05) is 23.9 Å². The summed E-state index contributed by atoms with van der Waals surface area (Å²) < 4.78 is 17.7. The SMILES string of the molecule is CSc1cccc(NC(=O)COC(=O)CSc2ccc(F)cc2)c1. The molecule has 0 aromatic heterocycles. The Balaban J connectivity index is 1.72. The number of carbonyl (C=O) groups is 2. The van der Waals surface area contributed by atoms with Crippen molar-refractivity contribution in [1.29, 1.82) is 0 Å². The van der Waals surface area contributed by atoms with Crippen LogP contribution in [0.1, 0.15) is 0 Å². The smallest absolute Gasteiger partial charge is 0.316 e. The van der Waals surface area contributed by atoms with Crippen LogP contribution in [0.5, 0.6) is 0 Å². The molecule has 0 bridgehead atoms. The van der Waals surface area contributed by atoms with Crippen LogP contribution in [0.3, 0.4) is 0 Å². The molecule has 0 heterocycles. The number of nitrogens with one attached hydrogen (secondary N) is 1. The molecule has 0 radical (unpaired) electrons. The van der Waals surface area contributed by atoms with Gasteiger partial charge in [-0.15, -0.1) is 23.5 Å². The van der Waals surface area contributed by atoms with Gasteiger partial charge < -0.3 is 10.1 Å². The largest absolute Gasteiger partial charge is 0.455 e. The predicted molar refractivity (Wildman–Crippen MR) is 94.9 cm³/mol. The fourth-order valence-corrected chi connectivity index (χ4v) is 2.91. The summed E-state index contributed by atoms with van der Waals surface area (Å²) in [6, 6.07) is 13.2. The van der Waals surface area contributed by atoms with Crippen LogP contribution < -0.4 is 5.32 Å². The number of rotatable bonds is 7. The monoisotopic (exact) mass is 365 g/mol. The summed E-state index contributed by atoms with van der Waals surface area (Å²) in [6.07, 6.45) is 1.95. The van der Waals surface area contributed by atoms with E-state index in [1.165, 1.54) is 23.9 Å². The molecular weight excluding hydrogens is 349 g/mol. The molecule has 0 saturated carbocycles. The molecule has 0 atom stereocenters. The van der Waals surface area contributed by atoms with E-state index in [0.29, 0.717) is 5.69 Å². The van der Waals surface area contributed by atoms with Gasteiger partial charge >= 0.3 is 5.97 Å². The number of esters is 1. The minimum Gasteiger partial charge on any atom is -0.455 e. The number of halogens is 1. The van der Waals surface area contributed by atoms with Gasteiger partial charge in [-0.05, 0) is 48.7 Å². The van der Waals surface area contributed by atoms with Crippen molar-refractivity contribution < 1.29 is 18.7 Å². The molecule has 4 nitrogen and oxygen atoms in total. The molecule has 0 fully saturated rings. The number of benzene rings is 2. The molecule has 2 rings (SSSR count). The fourth-order valence-electron chi connectivity index (χ4n) is 1.76. The Morgan fingerprint density at radius 3 is 2.58 bits per heavy atom. The molecule has 0 aliphatic carbocycles. The van der Waals surface area contributed by atoms with Gasteiger partial charge in [0.2, 0.25) is 0 Å². The van der Waals surface area contributed by atoms with E-state index >= 15 is 0 Å². The lowest BCUT2D eigenvalue weighted by Gasteiger charge is -2.07. The Kier molecular flexibility index (Phi) is 7.14. The van der Waals surface area contributed by atoms with Gasteiger partial charge in [-0.3, -0.25) is 9.59 Å². The quantitative estimate of drug-likeness (QED) is 0.597. The summed E-state index contributed by atoms with van der Waals surface area (Å²) in [5, 5.41) is 2.67. The molecule has 7 heteroatoms. The summed E-state index contributed by atoms with van der Waals surface area (Å²) in [5.41, 5.74) is 0.656. The third-order valence-electron chi connectivity index (χ3n) is 2.89. The van der Waals surface area contributed by atoms with E-state index in [1.54, 1.807) is 30.0 Å². The molecule has 0 saturated heterocycles. The molecule has 1 N–H and O–H groups in total. The van der Waals surface area contributed by atoms with Crippen molar-refractivity contribution in [2.45, 2.75) is 9.79 Å². The highest BCUT2D eigenvalue weighted by Crippen LogP contribution is 2.19. The molecule has 2 aromatic rings. The van der Waals surface area contributed by atoms with Gasteiger partial charge in [-0.1, -0.05) is 6.07 Å². The first-order valence-corrected chi connectivity index (χ1v) is 9.26. The third-order valence-corrected chi connectivity index (χ3v) is 4.60. The Labute approximate surface area is 148 Å². The van der Waals surface area contributed by atoms with Crippen LogP contribution >= 0.6 is 23.5 Å². The van der Waals surface area contributed by atoms with Crippen LogP contribution in [0, 0.1) is 5.82 Å². The van der Waals surface area contributed by atoms with E-state index in [2.05, 4.69) is 5.32 Å². The summed E-state index contributed by atoms with van der Waals surface area (Å²) >= 11 is 2.79. The maximum absolute atomic E-state index is 12.8. The highest BCUT2D eigenvalue weighted by atomic mass is 32.2. The third kappa shape index (κ3) is 6.25. The van der Waals surface area contributed by atoms with Crippen molar-refractivity contribution in [1.82, 2.24) is 0 Å². The van der Waals surface area contributed by atoms with E-state index in [1.807, 2.05) is 24.5 Å². The van der Waals surface area contributed by atoms with E-state index in [-0.39, 0.29) is 18.2 Å². The second-order valence-electron chi connectivity index (χ2n) is 4.68. The molecule has 0 spiro atoms. The van der Waals surface area contributed by atoms with Gasteiger partial charge in [-0.25, -0.2) is 4.39 Å². The van der Waals surface area contributed by atoms with Crippen molar-refractivity contribution >= 4 is 41.1 Å². The summed E-state index contributed by atoms with van der Waals surface area (Å²) in [7, 11) is 0. The zero-order valence-electron chi connectivity index (χ0n) is 13.0. The lowest BCUT2D eigenvalue weighted by molar-refractivity contribution is -0.144.